The molecule has 0 N–H and O–H groups in total. The Balaban J connectivity index is 1.23. The van der Waals surface area contributed by atoms with Crippen LogP contribution in [0.15, 0.2) is 29.6 Å². The van der Waals surface area contributed by atoms with Gasteiger partial charge in [0, 0.05) is 41.8 Å². The van der Waals surface area contributed by atoms with E-state index in [2.05, 4.69) is 27.3 Å². The van der Waals surface area contributed by atoms with E-state index in [9.17, 15) is 0 Å². The molecule has 1 aliphatic heterocycles. The number of aryl methyl sites for hydroxylation is 2. The highest BCUT2D eigenvalue weighted by atomic mass is 35.5. The molecule has 2 heterocycles. The Morgan fingerprint density at radius 1 is 0.960 bits per heavy atom. The van der Waals surface area contributed by atoms with Crippen molar-refractivity contribution in [2.45, 2.75) is 38.5 Å². The van der Waals surface area contributed by atoms with Gasteiger partial charge in [0.2, 0.25) is 0 Å². The molecule has 0 amide bonds. The second-order valence-electron chi connectivity index (χ2n) is 7.28. The smallest absolute Gasteiger partial charge is 0.0407 e. The number of rotatable bonds is 5. The normalized spacial score (nSPS) is 18.4. The van der Waals surface area contributed by atoms with Crippen LogP contribution in [0.3, 0.4) is 0 Å². The van der Waals surface area contributed by atoms with Crippen LogP contribution in [-0.2, 0) is 19.3 Å². The molecule has 1 aliphatic carbocycles. The van der Waals surface area contributed by atoms with E-state index in [1.807, 2.05) is 23.5 Å². The van der Waals surface area contributed by atoms with Crippen LogP contribution in [0.25, 0.3) is 0 Å². The van der Waals surface area contributed by atoms with E-state index in [1.165, 1.54) is 63.8 Å². The molecule has 4 heteroatoms. The standard InChI is InChI=1S/C21H27ClN2S/c22-18-7-9-19(10-8-18)24-14-12-23(13-15-24)11-3-4-17-16-25-21-6-2-1-5-20(17)21/h7-10,16H,1-6,11-15H2. The Hall–Kier alpha value is -1.03. The van der Waals surface area contributed by atoms with E-state index in [-0.39, 0.29) is 0 Å². The fraction of sp³-hybridized carbons (Fsp3) is 0.524. The summed E-state index contributed by atoms with van der Waals surface area (Å²) in [6.07, 6.45) is 8.00. The number of anilines is 1. The summed E-state index contributed by atoms with van der Waals surface area (Å²) in [4.78, 5) is 6.78. The summed E-state index contributed by atoms with van der Waals surface area (Å²) < 4.78 is 0. The molecule has 2 aliphatic rings. The SMILES string of the molecule is Clc1ccc(N2CCN(CCCc3csc4c3CCCC4)CC2)cc1. The highest BCUT2D eigenvalue weighted by molar-refractivity contribution is 7.10. The summed E-state index contributed by atoms with van der Waals surface area (Å²) in [6, 6.07) is 8.25. The number of halogens is 1. The zero-order valence-electron chi connectivity index (χ0n) is 14.8. The van der Waals surface area contributed by atoms with Crippen molar-refractivity contribution >= 4 is 28.6 Å². The average molecular weight is 375 g/mol. The fourth-order valence-electron chi connectivity index (χ4n) is 4.15. The molecule has 4 rings (SSSR count). The van der Waals surface area contributed by atoms with Crippen LogP contribution in [0, 0.1) is 0 Å². The highest BCUT2D eigenvalue weighted by Crippen LogP contribution is 2.31. The summed E-state index contributed by atoms with van der Waals surface area (Å²) in [5.41, 5.74) is 4.66. The Bertz CT molecular complexity index is 686. The molecule has 0 atom stereocenters. The molecule has 1 aromatic carbocycles. The number of thiophene rings is 1. The molecule has 134 valence electrons. The number of piperazine rings is 1. The minimum absolute atomic E-state index is 0.818. The van der Waals surface area contributed by atoms with Gasteiger partial charge in [-0.05, 0) is 85.8 Å². The number of fused-ring (bicyclic) bond motifs is 1. The molecule has 25 heavy (non-hydrogen) atoms. The first kappa shape index (κ1) is 17.4. The van der Waals surface area contributed by atoms with E-state index in [4.69, 9.17) is 11.6 Å². The van der Waals surface area contributed by atoms with Crippen molar-refractivity contribution in [2.75, 3.05) is 37.6 Å². The Morgan fingerprint density at radius 3 is 2.52 bits per heavy atom. The first-order valence-electron chi connectivity index (χ1n) is 9.60. The molecular weight excluding hydrogens is 348 g/mol. The summed E-state index contributed by atoms with van der Waals surface area (Å²) in [6.45, 7) is 5.82. The van der Waals surface area contributed by atoms with Crippen molar-refractivity contribution in [1.29, 1.82) is 0 Å². The van der Waals surface area contributed by atoms with Crippen molar-refractivity contribution in [3.05, 3.63) is 50.7 Å². The van der Waals surface area contributed by atoms with E-state index >= 15 is 0 Å². The van der Waals surface area contributed by atoms with Crippen LogP contribution in [0.4, 0.5) is 5.69 Å². The predicted octanol–water partition coefficient (Wildman–Crippen LogP) is 5.04. The zero-order chi connectivity index (χ0) is 17.1. The van der Waals surface area contributed by atoms with Crippen molar-refractivity contribution in [1.82, 2.24) is 4.90 Å². The van der Waals surface area contributed by atoms with E-state index < -0.39 is 0 Å². The average Bonchev–Trinajstić information content (AvgIpc) is 3.06. The van der Waals surface area contributed by atoms with Gasteiger partial charge in [-0.15, -0.1) is 11.3 Å². The molecule has 0 saturated carbocycles. The fourth-order valence-corrected chi connectivity index (χ4v) is 5.45. The van der Waals surface area contributed by atoms with E-state index in [0.29, 0.717) is 0 Å². The van der Waals surface area contributed by atoms with Crippen LogP contribution >= 0.6 is 22.9 Å². The van der Waals surface area contributed by atoms with Crippen molar-refractivity contribution in [3.63, 3.8) is 0 Å². The molecule has 0 bridgehead atoms. The van der Waals surface area contributed by atoms with Crippen LogP contribution < -0.4 is 4.90 Å². The predicted molar refractivity (Wildman–Crippen MR) is 109 cm³/mol. The van der Waals surface area contributed by atoms with Gasteiger partial charge in [0.1, 0.15) is 0 Å². The maximum Gasteiger partial charge on any atom is 0.0407 e. The van der Waals surface area contributed by atoms with Gasteiger partial charge in [0.05, 0.1) is 0 Å². The van der Waals surface area contributed by atoms with Crippen molar-refractivity contribution < 1.29 is 0 Å². The van der Waals surface area contributed by atoms with Gasteiger partial charge in [-0.2, -0.15) is 0 Å². The van der Waals surface area contributed by atoms with Crippen LogP contribution in [-0.4, -0.2) is 37.6 Å². The second-order valence-corrected chi connectivity index (χ2v) is 8.68. The summed E-state index contributed by atoms with van der Waals surface area (Å²) >= 11 is 8.00. The lowest BCUT2D eigenvalue weighted by molar-refractivity contribution is 0.255. The molecular formula is C21H27ClN2S. The molecule has 2 aromatic rings. The summed E-state index contributed by atoms with van der Waals surface area (Å²) in [7, 11) is 0. The van der Waals surface area contributed by atoms with Crippen LogP contribution in [0.5, 0.6) is 0 Å². The molecule has 1 aromatic heterocycles. The van der Waals surface area contributed by atoms with Gasteiger partial charge in [0.25, 0.3) is 0 Å². The molecule has 0 spiro atoms. The van der Waals surface area contributed by atoms with Gasteiger partial charge in [0.15, 0.2) is 0 Å². The Kier molecular flexibility index (Phi) is 5.64. The summed E-state index contributed by atoms with van der Waals surface area (Å²) in [5.74, 6) is 0. The third-order valence-electron chi connectivity index (χ3n) is 5.63. The highest BCUT2D eigenvalue weighted by Gasteiger charge is 2.18. The topological polar surface area (TPSA) is 6.48 Å². The van der Waals surface area contributed by atoms with Crippen LogP contribution in [0.2, 0.25) is 5.02 Å². The molecule has 0 unspecified atom stereocenters. The quantitative estimate of drug-likeness (QED) is 0.723. The number of nitrogens with zero attached hydrogens (tertiary/aromatic N) is 2. The van der Waals surface area contributed by atoms with E-state index in [0.717, 1.165) is 18.1 Å². The first-order chi connectivity index (χ1) is 12.3. The largest absolute Gasteiger partial charge is 0.369 e. The minimum atomic E-state index is 0.818. The third-order valence-corrected chi connectivity index (χ3v) is 7.02. The second kappa shape index (κ2) is 8.11. The maximum absolute atomic E-state index is 5.99. The lowest BCUT2D eigenvalue weighted by Crippen LogP contribution is -2.46. The van der Waals surface area contributed by atoms with Gasteiger partial charge < -0.3 is 4.90 Å². The molecule has 0 radical (unpaired) electrons. The molecule has 1 saturated heterocycles. The van der Waals surface area contributed by atoms with Crippen molar-refractivity contribution in [3.8, 4) is 0 Å². The van der Waals surface area contributed by atoms with E-state index in [1.54, 1.807) is 16.0 Å². The third kappa shape index (κ3) is 4.21. The lowest BCUT2D eigenvalue weighted by atomic mass is 9.94. The Labute approximate surface area is 160 Å². The zero-order valence-corrected chi connectivity index (χ0v) is 16.4. The van der Waals surface area contributed by atoms with Gasteiger partial charge >= 0.3 is 0 Å². The van der Waals surface area contributed by atoms with Gasteiger partial charge in [-0.25, -0.2) is 0 Å². The molecule has 2 nitrogen and oxygen atoms in total. The number of benzene rings is 1. The van der Waals surface area contributed by atoms with Crippen LogP contribution in [0.1, 0.15) is 35.3 Å². The lowest BCUT2D eigenvalue weighted by Gasteiger charge is -2.36. The first-order valence-corrected chi connectivity index (χ1v) is 10.9. The monoisotopic (exact) mass is 374 g/mol. The van der Waals surface area contributed by atoms with Gasteiger partial charge in [-0.1, -0.05) is 11.6 Å². The maximum atomic E-state index is 5.99. The Morgan fingerprint density at radius 2 is 1.72 bits per heavy atom. The number of hydrogen-bond acceptors (Lipinski definition) is 3. The molecule has 1 fully saturated rings. The van der Waals surface area contributed by atoms with Gasteiger partial charge in [-0.3, -0.25) is 4.90 Å². The summed E-state index contributed by atoms with van der Waals surface area (Å²) in [5, 5.41) is 3.26. The number of hydrogen-bond donors (Lipinski definition) is 0. The minimum Gasteiger partial charge on any atom is -0.369 e. The van der Waals surface area contributed by atoms with Crippen molar-refractivity contribution in [2.24, 2.45) is 0 Å².